The number of hydrogen-bond acceptors (Lipinski definition) is 6. The number of methoxy groups -OCH3 is 2. The number of ether oxygens (including phenoxy) is 5. The van der Waals surface area contributed by atoms with Crippen molar-refractivity contribution < 1.29 is 23.7 Å². The lowest BCUT2D eigenvalue weighted by Crippen LogP contribution is -2.48. The predicted molar refractivity (Wildman–Crippen MR) is 160 cm³/mol. The molecule has 1 unspecified atom stereocenters. The molecule has 1 atom stereocenters. The summed E-state index contributed by atoms with van der Waals surface area (Å²) >= 11 is 0. The number of rotatable bonds is 14. The highest BCUT2D eigenvalue weighted by Gasteiger charge is 2.41. The van der Waals surface area contributed by atoms with Crippen LogP contribution in [0.25, 0.3) is 5.70 Å². The predicted octanol–water partition coefficient (Wildman–Crippen LogP) is 6.93. The highest BCUT2D eigenvalue weighted by Crippen LogP contribution is 2.47. The second kappa shape index (κ2) is 13.2. The minimum absolute atomic E-state index is 0.106. The van der Waals surface area contributed by atoms with Crippen LogP contribution in [0, 0.1) is 5.41 Å². The molecule has 2 aliphatic heterocycles. The lowest BCUT2D eigenvalue weighted by Gasteiger charge is -2.48. The number of fused-ring (bicyclic) bond motifs is 3. The van der Waals surface area contributed by atoms with E-state index >= 15 is 0 Å². The largest absolute Gasteiger partial charge is 0.494 e. The first-order chi connectivity index (χ1) is 19.3. The summed E-state index contributed by atoms with van der Waals surface area (Å²) in [5, 5.41) is 0. The standard InChI is InChI=1S/C34H43NO5/c1-8-39-25(3)29-21-35-30(17-24(29)2)28-20-31(37-7)32(40-16-12-15-36-6)18-27(28)19-33(35)34(4,5)23-38-22-26-13-10-9-11-14-26/h9-11,13-14,17-18,20-21,33H,2-3,8,12,15-16,19,22-23H2,1,4-7H3. The number of nitrogens with zero attached hydrogens (tertiary/aromatic N) is 1. The smallest absolute Gasteiger partial charge is 0.161 e. The molecule has 0 aromatic heterocycles. The van der Waals surface area contributed by atoms with E-state index in [9.17, 15) is 0 Å². The third kappa shape index (κ3) is 6.62. The lowest BCUT2D eigenvalue weighted by molar-refractivity contribution is 0.0151. The first-order valence-corrected chi connectivity index (χ1v) is 14.0. The first kappa shape index (κ1) is 29.5. The van der Waals surface area contributed by atoms with Gasteiger partial charge in [0.15, 0.2) is 11.5 Å². The van der Waals surface area contributed by atoms with Gasteiger partial charge < -0.3 is 28.6 Å². The minimum Gasteiger partial charge on any atom is -0.494 e. The molecule has 214 valence electrons. The normalized spacial score (nSPS) is 16.5. The Morgan fingerprint density at radius 2 is 1.85 bits per heavy atom. The molecule has 0 aliphatic carbocycles. The quantitative estimate of drug-likeness (QED) is 0.190. The van der Waals surface area contributed by atoms with Crippen molar-refractivity contribution in [1.29, 1.82) is 0 Å². The molecule has 0 spiro atoms. The topological polar surface area (TPSA) is 49.4 Å². The van der Waals surface area contributed by atoms with Crippen molar-refractivity contribution in [3.8, 4) is 11.5 Å². The summed E-state index contributed by atoms with van der Waals surface area (Å²) in [7, 11) is 3.38. The van der Waals surface area contributed by atoms with Crippen molar-refractivity contribution in [3.05, 3.63) is 101 Å². The van der Waals surface area contributed by atoms with Crippen LogP contribution in [0.2, 0.25) is 0 Å². The summed E-state index contributed by atoms with van der Waals surface area (Å²) in [6.07, 6.45) is 5.89. The Bertz CT molecular complexity index is 1260. The highest BCUT2D eigenvalue weighted by molar-refractivity contribution is 5.78. The van der Waals surface area contributed by atoms with Gasteiger partial charge in [-0.2, -0.15) is 0 Å². The van der Waals surface area contributed by atoms with Gasteiger partial charge in [-0.1, -0.05) is 57.3 Å². The molecule has 2 aliphatic rings. The Morgan fingerprint density at radius 3 is 2.55 bits per heavy atom. The molecular weight excluding hydrogens is 502 g/mol. The molecule has 0 radical (unpaired) electrons. The number of allylic oxidation sites excluding steroid dienone is 2. The van der Waals surface area contributed by atoms with Gasteiger partial charge >= 0.3 is 0 Å². The van der Waals surface area contributed by atoms with E-state index in [4.69, 9.17) is 23.7 Å². The van der Waals surface area contributed by atoms with Gasteiger partial charge in [0, 0.05) is 54.6 Å². The Kier molecular flexibility index (Phi) is 9.77. The van der Waals surface area contributed by atoms with Crippen molar-refractivity contribution in [2.75, 3.05) is 40.6 Å². The van der Waals surface area contributed by atoms with E-state index in [1.807, 2.05) is 25.1 Å². The molecule has 0 amide bonds. The third-order valence-corrected chi connectivity index (χ3v) is 7.47. The molecule has 0 N–H and O–H groups in total. The first-order valence-electron chi connectivity index (χ1n) is 14.0. The van der Waals surface area contributed by atoms with Crippen LogP contribution >= 0.6 is 0 Å². The average Bonchev–Trinajstić information content (AvgIpc) is 2.94. The van der Waals surface area contributed by atoms with Gasteiger partial charge in [-0.05, 0) is 48.3 Å². The summed E-state index contributed by atoms with van der Waals surface area (Å²) in [4.78, 5) is 2.35. The van der Waals surface area contributed by atoms with E-state index in [0.717, 1.165) is 41.0 Å². The summed E-state index contributed by atoms with van der Waals surface area (Å²) in [6, 6.07) is 14.6. The van der Waals surface area contributed by atoms with Gasteiger partial charge in [-0.15, -0.1) is 0 Å². The molecule has 0 saturated carbocycles. The van der Waals surface area contributed by atoms with E-state index in [1.54, 1.807) is 14.2 Å². The van der Waals surface area contributed by atoms with Crippen LogP contribution in [0.15, 0.2) is 84.8 Å². The van der Waals surface area contributed by atoms with Gasteiger partial charge in [0.05, 0.1) is 33.5 Å². The van der Waals surface area contributed by atoms with Crippen LogP contribution in [-0.2, 0) is 27.2 Å². The van der Waals surface area contributed by atoms with Gasteiger partial charge in [-0.3, -0.25) is 0 Å². The molecule has 2 aromatic rings. The summed E-state index contributed by atoms with van der Waals surface area (Å²) in [5.41, 5.74) is 6.14. The second-order valence-corrected chi connectivity index (χ2v) is 10.9. The molecule has 0 saturated heterocycles. The highest BCUT2D eigenvalue weighted by atomic mass is 16.5. The lowest BCUT2D eigenvalue weighted by atomic mass is 9.75. The molecule has 6 heteroatoms. The molecule has 0 bridgehead atoms. The van der Waals surface area contributed by atoms with Crippen molar-refractivity contribution in [2.24, 2.45) is 5.41 Å². The Labute approximate surface area is 239 Å². The van der Waals surface area contributed by atoms with E-state index in [-0.39, 0.29) is 11.5 Å². The van der Waals surface area contributed by atoms with Crippen LogP contribution in [0.5, 0.6) is 11.5 Å². The van der Waals surface area contributed by atoms with Crippen LogP contribution in [-0.4, -0.2) is 51.6 Å². The van der Waals surface area contributed by atoms with Gasteiger partial charge in [0.25, 0.3) is 0 Å². The molecule has 0 fully saturated rings. The number of hydrogen-bond donors (Lipinski definition) is 0. The van der Waals surface area contributed by atoms with Crippen LogP contribution < -0.4 is 9.47 Å². The SMILES string of the molecule is C=C1C=C2c3cc(OC)c(OCCCOC)cc3CC(C(C)(C)COCc3ccccc3)N2C=C1C(=C)OCC. The van der Waals surface area contributed by atoms with Crippen LogP contribution in [0.3, 0.4) is 0 Å². The van der Waals surface area contributed by atoms with Crippen LogP contribution in [0.4, 0.5) is 0 Å². The summed E-state index contributed by atoms with van der Waals surface area (Å²) in [6.45, 7) is 18.0. The van der Waals surface area contributed by atoms with Crippen molar-refractivity contribution >= 4 is 5.70 Å². The molecular formula is C34H43NO5. The Morgan fingerprint density at radius 1 is 1.07 bits per heavy atom. The van der Waals surface area contributed by atoms with Crippen molar-refractivity contribution in [2.45, 2.75) is 46.3 Å². The Hall–Kier alpha value is -3.48. The molecule has 40 heavy (non-hydrogen) atoms. The molecule has 2 heterocycles. The second-order valence-electron chi connectivity index (χ2n) is 10.9. The fourth-order valence-electron chi connectivity index (χ4n) is 5.32. The maximum atomic E-state index is 6.29. The summed E-state index contributed by atoms with van der Waals surface area (Å²) < 4.78 is 29.2. The zero-order chi connectivity index (χ0) is 28.7. The zero-order valence-corrected chi connectivity index (χ0v) is 24.6. The van der Waals surface area contributed by atoms with E-state index in [2.05, 4.69) is 68.4 Å². The number of benzene rings is 2. The van der Waals surface area contributed by atoms with E-state index < -0.39 is 0 Å². The van der Waals surface area contributed by atoms with Crippen molar-refractivity contribution in [3.63, 3.8) is 0 Å². The maximum Gasteiger partial charge on any atom is 0.161 e. The van der Waals surface area contributed by atoms with Crippen LogP contribution in [0.1, 0.15) is 43.9 Å². The maximum absolute atomic E-state index is 6.29. The summed E-state index contributed by atoms with van der Waals surface area (Å²) in [5.74, 6) is 2.08. The van der Waals surface area contributed by atoms with Gasteiger partial charge in [0.2, 0.25) is 0 Å². The van der Waals surface area contributed by atoms with E-state index in [1.165, 1.54) is 11.1 Å². The minimum atomic E-state index is -0.196. The van der Waals surface area contributed by atoms with Gasteiger partial charge in [0.1, 0.15) is 5.76 Å². The fraction of sp³-hybridized carbons (Fsp3) is 0.412. The van der Waals surface area contributed by atoms with Gasteiger partial charge in [-0.25, -0.2) is 0 Å². The van der Waals surface area contributed by atoms with Crippen molar-refractivity contribution in [1.82, 2.24) is 4.90 Å². The molecule has 6 nitrogen and oxygen atoms in total. The zero-order valence-electron chi connectivity index (χ0n) is 24.6. The molecule has 2 aromatic carbocycles. The monoisotopic (exact) mass is 545 g/mol. The van der Waals surface area contributed by atoms with E-state index in [0.29, 0.717) is 44.5 Å². The Balaban J connectivity index is 1.69. The average molecular weight is 546 g/mol. The molecule has 4 rings (SSSR count). The third-order valence-electron chi connectivity index (χ3n) is 7.47. The fourth-order valence-corrected chi connectivity index (χ4v) is 5.32.